The monoisotopic (exact) mass is 284 g/mol. The number of rotatable bonds is 10. The molecule has 1 rings (SSSR count). The van der Waals surface area contributed by atoms with Crippen LogP contribution in [0.25, 0.3) is 0 Å². The number of aliphatic hydroxyl groups excluding tert-OH is 1. The van der Waals surface area contributed by atoms with Crippen molar-refractivity contribution in [3.8, 4) is 11.5 Å². The van der Waals surface area contributed by atoms with E-state index in [0.717, 1.165) is 0 Å². The Morgan fingerprint density at radius 1 is 0.950 bits per heavy atom. The molecule has 114 valence electrons. The van der Waals surface area contributed by atoms with Gasteiger partial charge in [-0.3, -0.25) is 0 Å². The van der Waals surface area contributed by atoms with Crippen molar-refractivity contribution in [1.29, 1.82) is 0 Å². The molecule has 0 fully saturated rings. The van der Waals surface area contributed by atoms with E-state index in [2.05, 4.69) is 0 Å². The van der Waals surface area contributed by atoms with Gasteiger partial charge >= 0.3 is 0 Å². The first-order valence-electron chi connectivity index (χ1n) is 6.72. The molecule has 0 atom stereocenters. The van der Waals surface area contributed by atoms with Crippen molar-refractivity contribution in [1.82, 2.24) is 0 Å². The average molecular weight is 284 g/mol. The molecule has 0 saturated carbocycles. The van der Waals surface area contributed by atoms with Gasteiger partial charge in [0.25, 0.3) is 0 Å². The molecule has 1 aromatic rings. The molecule has 0 spiro atoms. The first-order valence-corrected chi connectivity index (χ1v) is 6.72. The summed E-state index contributed by atoms with van der Waals surface area (Å²) in [5.41, 5.74) is -0.0896. The lowest BCUT2D eigenvalue weighted by Gasteiger charge is -2.24. The van der Waals surface area contributed by atoms with Crippen molar-refractivity contribution in [2.45, 2.75) is 13.8 Å². The lowest BCUT2D eigenvalue weighted by atomic mass is 9.96. The van der Waals surface area contributed by atoms with Crippen LogP contribution in [-0.4, -0.2) is 49.9 Å². The van der Waals surface area contributed by atoms with E-state index in [4.69, 9.17) is 24.4 Å². The maximum Gasteiger partial charge on any atom is 0.119 e. The zero-order valence-electron chi connectivity index (χ0n) is 12.2. The van der Waals surface area contributed by atoms with E-state index in [-0.39, 0.29) is 17.8 Å². The summed E-state index contributed by atoms with van der Waals surface area (Å²) in [6.07, 6.45) is 0. The van der Waals surface area contributed by atoms with Crippen molar-refractivity contribution in [2.75, 3.05) is 39.6 Å². The first kappa shape index (κ1) is 16.8. The molecular weight excluding hydrogens is 260 g/mol. The molecule has 0 unspecified atom stereocenters. The van der Waals surface area contributed by atoms with Gasteiger partial charge < -0.3 is 24.4 Å². The van der Waals surface area contributed by atoms with Crippen LogP contribution in [0.3, 0.4) is 0 Å². The highest BCUT2D eigenvalue weighted by molar-refractivity contribution is 5.29. The number of phenolic OH excluding ortho intramolecular Hbond substituents is 1. The Morgan fingerprint density at radius 3 is 2.15 bits per heavy atom. The molecule has 0 saturated heterocycles. The second-order valence-electron chi connectivity index (χ2n) is 5.34. The van der Waals surface area contributed by atoms with Crippen molar-refractivity contribution >= 4 is 0 Å². The molecule has 0 aliphatic carbocycles. The van der Waals surface area contributed by atoms with Crippen LogP contribution in [0.5, 0.6) is 11.5 Å². The fourth-order valence-electron chi connectivity index (χ4n) is 1.56. The summed E-state index contributed by atoms with van der Waals surface area (Å²) in [6.45, 7) is 6.55. The van der Waals surface area contributed by atoms with Crippen LogP contribution in [0.15, 0.2) is 24.3 Å². The van der Waals surface area contributed by atoms with Gasteiger partial charge in [0.2, 0.25) is 0 Å². The van der Waals surface area contributed by atoms with Crippen molar-refractivity contribution in [3.63, 3.8) is 0 Å². The molecule has 1 aromatic carbocycles. The molecule has 0 amide bonds. The number of phenols is 1. The van der Waals surface area contributed by atoms with E-state index >= 15 is 0 Å². The van der Waals surface area contributed by atoms with Crippen LogP contribution < -0.4 is 4.74 Å². The molecule has 0 aliphatic heterocycles. The number of hydrogen-bond acceptors (Lipinski definition) is 5. The standard InChI is InChI=1S/C15H24O5/c1-15(2,11-18-8-7-16)12-19-9-10-20-14-5-3-13(17)4-6-14/h3-6,16-17H,7-12H2,1-2H3. The van der Waals surface area contributed by atoms with Gasteiger partial charge in [-0.1, -0.05) is 13.8 Å². The summed E-state index contributed by atoms with van der Waals surface area (Å²) in [6, 6.07) is 6.58. The summed E-state index contributed by atoms with van der Waals surface area (Å²) in [7, 11) is 0. The van der Waals surface area contributed by atoms with Crippen molar-refractivity contribution in [2.24, 2.45) is 5.41 Å². The largest absolute Gasteiger partial charge is 0.508 e. The Bertz CT molecular complexity index is 361. The molecule has 0 aliphatic rings. The van der Waals surface area contributed by atoms with E-state index in [0.29, 0.717) is 38.8 Å². The topological polar surface area (TPSA) is 68.2 Å². The quantitative estimate of drug-likeness (QED) is 0.641. The highest BCUT2D eigenvalue weighted by Crippen LogP contribution is 2.17. The molecule has 5 nitrogen and oxygen atoms in total. The third-order valence-corrected chi connectivity index (χ3v) is 2.55. The molecule has 5 heteroatoms. The highest BCUT2D eigenvalue weighted by Gasteiger charge is 2.18. The van der Waals surface area contributed by atoms with Crippen molar-refractivity contribution in [3.05, 3.63) is 24.3 Å². The maximum absolute atomic E-state index is 9.14. The molecule has 0 bridgehead atoms. The van der Waals surface area contributed by atoms with Gasteiger partial charge in [-0.05, 0) is 24.3 Å². The van der Waals surface area contributed by atoms with E-state index < -0.39 is 0 Å². The van der Waals surface area contributed by atoms with Gasteiger partial charge in [0.05, 0.1) is 33.0 Å². The fourth-order valence-corrected chi connectivity index (χ4v) is 1.56. The predicted octanol–water partition coefficient (Wildman–Crippen LogP) is 1.82. The zero-order chi connectivity index (χ0) is 14.8. The van der Waals surface area contributed by atoms with Crippen LogP contribution in [-0.2, 0) is 9.47 Å². The van der Waals surface area contributed by atoms with Gasteiger partial charge in [0.1, 0.15) is 18.1 Å². The van der Waals surface area contributed by atoms with Crippen LogP contribution in [0.1, 0.15) is 13.8 Å². The van der Waals surface area contributed by atoms with E-state index in [9.17, 15) is 0 Å². The number of benzene rings is 1. The Labute approximate surface area is 120 Å². The lowest BCUT2D eigenvalue weighted by molar-refractivity contribution is -0.0172. The van der Waals surface area contributed by atoms with Crippen molar-refractivity contribution < 1.29 is 24.4 Å². The number of hydrogen-bond donors (Lipinski definition) is 2. The molecule has 0 heterocycles. The Balaban J connectivity index is 2.10. The van der Waals surface area contributed by atoms with Crippen LogP contribution in [0.4, 0.5) is 0 Å². The maximum atomic E-state index is 9.14. The van der Waals surface area contributed by atoms with Gasteiger partial charge in [-0.2, -0.15) is 0 Å². The third-order valence-electron chi connectivity index (χ3n) is 2.55. The highest BCUT2D eigenvalue weighted by atomic mass is 16.5. The van der Waals surface area contributed by atoms with E-state index in [1.807, 2.05) is 13.8 Å². The van der Waals surface area contributed by atoms with Gasteiger partial charge in [0, 0.05) is 5.41 Å². The number of aromatic hydroxyl groups is 1. The van der Waals surface area contributed by atoms with Crippen LogP contribution in [0, 0.1) is 5.41 Å². The molecule has 2 N–H and O–H groups in total. The molecule has 20 heavy (non-hydrogen) atoms. The average Bonchev–Trinajstić information content (AvgIpc) is 2.40. The SMILES string of the molecule is CC(C)(COCCO)COCCOc1ccc(O)cc1. The van der Waals surface area contributed by atoms with E-state index in [1.165, 1.54) is 0 Å². The van der Waals surface area contributed by atoms with Gasteiger partial charge in [0.15, 0.2) is 0 Å². The fraction of sp³-hybridized carbons (Fsp3) is 0.600. The van der Waals surface area contributed by atoms with Crippen LogP contribution >= 0.6 is 0 Å². The smallest absolute Gasteiger partial charge is 0.119 e. The normalized spacial score (nSPS) is 11.6. The summed E-state index contributed by atoms with van der Waals surface area (Å²) in [4.78, 5) is 0. The zero-order valence-corrected chi connectivity index (χ0v) is 12.2. The Kier molecular flexibility index (Phi) is 7.36. The number of ether oxygens (including phenoxy) is 3. The second kappa shape index (κ2) is 8.79. The minimum Gasteiger partial charge on any atom is -0.508 e. The summed E-state index contributed by atoms with van der Waals surface area (Å²) < 4.78 is 16.3. The van der Waals surface area contributed by atoms with Gasteiger partial charge in [-0.15, -0.1) is 0 Å². The lowest BCUT2D eigenvalue weighted by Crippen LogP contribution is -2.27. The second-order valence-corrected chi connectivity index (χ2v) is 5.34. The predicted molar refractivity (Wildman–Crippen MR) is 76.1 cm³/mol. The van der Waals surface area contributed by atoms with Crippen LogP contribution in [0.2, 0.25) is 0 Å². The minimum absolute atomic E-state index is 0.0391. The molecular formula is C15H24O5. The molecule has 0 aromatic heterocycles. The van der Waals surface area contributed by atoms with Gasteiger partial charge in [-0.25, -0.2) is 0 Å². The Morgan fingerprint density at radius 2 is 1.55 bits per heavy atom. The summed E-state index contributed by atoms with van der Waals surface area (Å²) in [5.74, 6) is 0.926. The third kappa shape index (κ3) is 7.33. The number of aliphatic hydroxyl groups is 1. The minimum atomic E-state index is -0.0896. The summed E-state index contributed by atoms with van der Waals surface area (Å²) in [5, 5.41) is 17.8. The first-order chi connectivity index (χ1) is 9.53. The Hall–Kier alpha value is -1.30. The van der Waals surface area contributed by atoms with E-state index in [1.54, 1.807) is 24.3 Å². The summed E-state index contributed by atoms with van der Waals surface area (Å²) >= 11 is 0. The molecule has 0 radical (unpaired) electrons.